The van der Waals surface area contributed by atoms with Gasteiger partial charge in [-0.25, -0.2) is 4.79 Å². The molecule has 0 aromatic rings. The Morgan fingerprint density at radius 1 is 0.774 bits per heavy atom. The largest absolute Gasteiger partial charge is 0.448 e. The van der Waals surface area contributed by atoms with Gasteiger partial charge in [-0.3, -0.25) is 9.59 Å². The predicted octanol–water partition coefficient (Wildman–Crippen LogP) is 4.58. The molecule has 1 spiro atoms. The van der Waals surface area contributed by atoms with Gasteiger partial charge in [0, 0.05) is 18.9 Å². The molecule has 0 N–H and O–H groups in total. The molecule has 31 heavy (non-hydrogen) atoms. The summed E-state index contributed by atoms with van der Waals surface area (Å²) in [6.07, 6.45) is 12.5. The average molecular weight is 433 g/mol. The van der Waals surface area contributed by atoms with Crippen molar-refractivity contribution in [3.05, 3.63) is 12.7 Å². The summed E-state index contributed by atoms with van der Waals surface area (Å²) in [4.78, 5) is 39.1. The molecule has 0 radical (unpaired) electrons. The van der Waals surface area contributed by atoms with Crippen molar-refractivity contribution in [3.63, 3.8) is 0 Å². The standard InChI is InChI=1S/C25H36O6/c1-2-19(26)29-20-21(23(28)24(22(20)27)14-8-4-9-15-24)31-25(16-10-5-11-17-25)30-18-12-6-3-7-13-18/h2,18,20-21H,1,3-17H2. The van der Waals surface area contributed by atoms with Crippen molar-refractivity contribution in [2.45, 2.75) is 120 Å². The second-order valence-corrected chi connectivity index (χ2v) is 9.82. The van der Waals surface area contributed by atoms with Gasteiger partial charge in [0.05, 0.1) is 11.5 Å². The fraction of sp³-hybridized carbons (Fsp3) is 0.800. The molecule has 4 saturated carbocycles. The number of ketones is 2. The van der Waals surface area contributed by atoms with Gasteiger partial charge in [0.1, 0.15) is 0 Å². The lowest BCUT2D eigenvalue weighted by molar-refractivity contribution is -0.296. The first-order valence-electron chi connectivity index (χ1n) is 12.3. The van der Waals surface area contributed by atoms with Crippen molar-refractivity contribution < 1.29 is 28.6 Å². The van der Waals surface area contributed by atoms with Gasteiger partial charge in [0.15, 0.2) is 29.6 Å². The van der Waals surface area contributed by atoms with Crippen LogP contribution in [0.25, 0.3) is 0 Å². The molecule has 4 aliphatic carbocycles. The molecule has 0 bridgehead atoms. The van der Waals surface area contributed by atoms with Crippen LogP contribution < -0.4 is 0 Å². The number of rotatable bonds is 6. The Morgan fingerprint density at radius 3 is 1.94 bits per heavy atom. The number of esters is 1. The molecule has 4 rings (SSSR count). The van der Waals surface area contributed by atoms with Crippen LogP contribution in [0, 0.1) is 5.41 Å². The molecule has 0 aromatic carbocycles. The quantitative estimate of drug-likeness (QED) is 0.265. The summed E-state index contributed by atoms with van der Waals surface area (Å²) in [5.74, 6) is -2.07. The molecule has 0 heterocycles. The van der Waals surface area contributed by atoms with Crippen LogP contribution in [-0.2, 0) is 28.6 Å². The average Bonchev–Trinajstić information content (AvgIpc) is 2.97. The number of carbonyl (C=O) groups is 3. The van der Waals surface area contributed by atoms with Crippen LogP contribution >= 0.6 is 0 Å². The Morgan fingerprint density at radius 2 is 1.32 bits per heavy atom. The van der Waals surface area contributed by atoms with E-state index in [0.717, 1.165) is 70.3 Å². The second kappa shape index (κ2) is 9.53. The van der Waals surface area contributed by atoms with E-state index in [0.29, 0.717) is 25.7 Å². The van der Waals surface area contributed by atoms with E-state index >= 15 is 0 Å². The Hall–Kier alpha value is -1.53. The number of hydrogen-bond donors (Lipinski definition) is 0. The van der Waals surface area contributed by atoms with Crippen LogP contribution in [0.15, 0.2) is 12.7 Å². The first-order chi connectivity index (χ1) is 15.0. The molecule has 0 aliphatic heterocycles. The summed E-state index contributed by atoms with van der Waals surface area (Å²) in [5, 5.41) is 0. The minimum absolute atomic E-state index is 0.122. The summed E-state index contributed by atoms with van der Waals surface area (Å²) < 4.78 is 18.5. The molecule has 172 valence electrons. The van der Waals surface area contributed by atoms with Gasteiger partial charge in [0.25, 0.3) is 0 Å². The maximum Gasteiger partial charge on any atom is 0.330 e. The monoisotopic (exact) mass is 432 g/mol. The zero-order chi connectivity index (χ0) is 21.9. The summed E-state index contributed by atoms with van der Waals surface area (Å²) >= 11 is 0. The molecule has 0 amide bonds. The molecular formula is C25H36O6. The first kappa shape index (κ1) is 22.7. The van der Waals surface area contributed by atoms with E-state index in [4.69, 9.17) is 14.2 Å². The van der Waals surface area contributed by atoms with E-state index in [1.165, 1.54) is 6.42 Å². The molecule has 6 nitrogen and oxygen atoms in total. The van der Waals surface area contributed by atoms with Gasteiger partial charge in [-0.2, -0.15) is 0 Å². The van der Waals surface area contributed by atoms with E-state index in [1.807, 2.05) is 0 Å². The molecule has 2 unspecified atom stereocenters. The second-order valence-electron chi connectivity index (χ2n) is 9.82. The number of ether oxygens (including phenoxy) is 3. The van der Waals surface area contributed by atoms with Gasteiger partial charge in [-0.15, -0.1) is 0 Å². The minimum Gasteiger partial charge on any atom is -0.448 e. The third-order valence-electron chi connectivity index (χ3n) is 7.74. The van der Waals surface area contributed by atoms with Crippen molar-refractivity contribution in [2.24, 2.45) is 5.41 Å². The summed E-state index contributed by atoms with van der Waals surface area (Å²) in [6.45, 7) is 3.45. The highest BCUT2D eigenvalue weighted by molar-refractivity contribution is 6.18. The van der Waals surface area contributed by atoms with Crippen molar-refractivity contribution in [1.29, 1.82) is 0 Å². The topological polar surface area (TPSA) is 78.9 Å². The van der Waals surface area contributed by atoms with E-state index in [-0.39, 0.29) is 17.7 Å². The van der Waals surface area contributed by atoms with Gasteiger partial charge in [-0.05, 0) is 38.5 Å². The van der Waals surface area contributed by atoms with Crippen LogP contribution in [-0.4, -0.2) is 41.6 Å². The Labute approximate surface area is 185 Å². The molecular weight excluding hydrogens is 396 g/mol. The Balaban J connectivity index is 1.61. The van der Waals surface area contributed by atoms with Gasteiger partial charge in [0.2, 0.25) is 0 Å². The van der Waals surface area contributed by atoms with Crippen LogP contribution in [0.3, 0.4) is 0 Å². The summed E-state index contributed by atoms with van der Waals surface area (Å²) in [6, 6.07) is 0. The summed E-state index contributed by atoms with van der Waals surface area (Å²) in [5.41, 5.74) is -1.07. The van der Waals surface area contributed by atoms with Gasteiger partial charge >= 0.3 is 5.97 Å². The molecule has 0 aromatic heterocycles. The zero-order valence-corrected chi connectivity index (χ0v) is 18.6. The SMILES string of the molecule is C=CC(=O)OC1C(=O)C2(CCCCC2)C(=O)C1OC1(OC2CCCCC2)CCCCC1. The lowest BCUT2D eigenvalue weighted by Gasteiger charge is -2.42. The fourth-order valence-electron chi connectivity index (χ4n) is 6.07. The van der Waals surface area contributed by atoms with Gasteiger partial charge < -0.3 is 14.2 Å². The zero-order valence-electron chi connectivity index (χ0n) is 18.6. The van der Waals surface area contributed by atoms with E-state index in [9.17, 15) is 14.4 Å². The minimum atomic E-state index is -1.20. The van der Waals surface area contributed by atoms with Crippen molar-refractivity contribution in [3.8, 4) is 0 Å². The highest BCUT2D eigenvalue weighted by atomic mass is 16.7. The first-order valence-corrected chi connectivity index (χ1v) is 12.3. The van der Waals surface area contributed by atoms with Crippen LogP contribution in [0.4, 0.5) is 0 Å². The van der Waals surface area contributed by atoms with Crippen molar-refractivity contribution in [2.75, 3.05) is 0 Å². The third kappa shape index (κ3) is 4.51. The van der Waals surface area contributed by atoms with E-state index < -0.39 is 29.4 Å². The summed E-state index contributed by atoms with van der Waals surface area (Å²) in [7, 11) is 0. The highest BCUT2D eigenvalue weighted by Gasteiger charge is 2.63. The van der Waals surface area contributed by atoms with Crippen molar-refractivity contribution >= 4 is 17.5 Å². The number of hydrogen-bond acceptors (Lipinski definition) is 6. The van der Waals surface area contributed by atoms with Crippen molar-refractivity contribution in [1.82, 2.24) is 0 Å². The fourth-order valence-corrected chi connectivity index (χ4v) is 6.07. The molecule has 6 heteroatoms. The molecule has 2 atom stereocenters. The maximum absolute atomic E-state index is 13.7. The third-order valence-corrected chi connectivity index (χ3v) is 7.74. The van der Waals surface area contributed by atoms with Crippen LogP contribution in [0.1, 0.15) is 96.3 Å². The highest BCUT2D eigenvalue weighted by Crippen LogP contribution is 2.48. The van der Waals surface area contributed by atoms with E-state index in [2.05, 4.69) is 6.58 Å². The van der Waals surface area contributed by atoms with Crippen LogP contribution in [0.2, 0.25) is 0 Å². The lowest BCUT2D eigenvalue weighted by Crippen LogP contribution is -2.49. The lowest BCUT2D eigenvalue weighted by atomic mass is 9.71. The maximum atomic E-state index is 13.7. The molecule has 4 fully saturated rings. The Kier molecular flexibility index (Phi) is 6.97. The normalized spacial score (nSPS) is 31.0. The number of carbonyl (C=O) groups excluding carboxylic acids is 3. The molecule has 4 aliphatic rings. The van der Waals surface area contributed by atoms with Gasteiger partial charge in [-0.1, -0.05) is 51.5 Å². The van der Waals surface area contributed by atoms with E-state index in [1.54, 1.807) is 0 Å². The number of Topliss-reactive ketones (excluding diaryl/α,β-unsaturated/α-hetero) is 2. The molecule has 0 saturated heterocycles. The Bertz CT molecular complexity index is 695. The van der Waals surface area contributed by atoms with Crippen LogP contribution in [0.5, 0.6) is 0 Å². The smallest absolute Gasteiger partial charge is 0.330 e. The predicted molar refractivity (Wildman–Crippen MR) is 114 cm³/mol.